The summed E-state index contributed by atoms with van der Waals surface area (Å²) >= 11 is 7.35. The number of pyridine rings is 1. The molecule has 1 unspecified atom stereocenters. The maximum absolute atomic E-state index is 12.9. The number of para-hydroxylation sites is 1. The van der Waals surface area contributed by atoms with E-state index in [0.29, 0.717) is 20.9 Å². The molecule has 0 aliphatic heterocycles. The van der Waals surface area contributed by atoms with Gasteiger partial charge in [-0.25, -0.2) is 9.97 Å². The van der Waals surface area contributed by atoms with E-state index in [4.69, 9.17) is 11.6 Å². The fourth-order valence-corrected chi connectivity index (χ4v) is 3.90. The van der Waals surface area contributed by atoms with Gasteiger partial charge in [-0.2, -0.15) is 0 Å². The van der Waals surface area contributed by atoms with Gasteiger partial charge in [-0.15, -0.1) is 11.3 Å². The van der Waals surface area contributed by atoms with Crippen molar-refractivity contribution in [2.75, 3.05) is 5.32 Å². The van der Waals surface area contributed by atoms with Crippen molar-refractivity contribution in [2.24, 2.45) is 0 Å². The minimum Gasteiger partial charge on any atom is -0.323 e. The van der Waals surface area contributed by atoms with Crippen LogP contribution in [0.25, 0.3) is 20.4 Å². The number of aromatic nitrogens is 3. The molecule has 1 atom stereocenters. The van der Waals surface area contributed by atoms with Crippen molar-refractivity contribution < 1.29 is 4.79 Å². The number of nitrogens with one attached hydrogen (secondary N) is 1. The van der Waals surface area contributed by atoms with Crippen LogP contribution in [0.1, 0.15) is 13.0 Å². The van der Waals surface area contributed by atoms with E-state index in [0.717, 1.165) is 10.2 Å². The molecule has 0 radical (unpaired) electrons. The van der Waals surface area contributed by atoms with Crippen LogP contribution in [-0.2, 0) is 4.79 Å². The zero-order valence-corrected chi connectivity index (χ0v) is 15.2. The molecule has 130 valence electrons. The Hall–Kier alpha value is -2.77. The van der Waals surface area contributed by atoms with E-state index in [1.807, 2.05) is 6.07 Å². The van der Waals surface area contributed by atoms with Crippen molar-refractivity contribution >= 4 is 55.0 Å². The molecular formula is C18H13ClN4O2S. The number of fused-ring (bicyclic) bond motifs is 3. The minimum absolute atomic E-state index is 0.264. The van der Waals surface area contributed by atoms with E-state index < -0.39 is 6.04 Å². The number of carbonyl (C=O) groups is 1. The first-order chi connectivity index (χ1) is 12.6. The fourth-order valence-electron chi connectivity index (χ4n) is 2.68. The van der Waals surface area contributed by atoms with Crippen molar-refractivity contribution in [1.29, 1.82) is 0 Å². The van der Waals surface area contributed by atoms with Crippen molar-refractivity contribution in [3.05, 3.63) is 64.3 Å². The van der Waals surface area contributed by atoms with Crippen LogP contribution in [0.4, 0.5) is 5.69 Å². The lowest BCUT2D eigenvalue weighted by Crippen LogP contribution is -2.31. The standard InChI is InChI=1S/C18H13ClN4O2S/c1-10(16(24)22-13-7-3-2-6-12(13)19)23-9-21-14-11-5-4-8-20-17(11)26-15(14)18(23)25/h2-10H,1H3,(H,22,24). The molecule has 0 saturated carbocycles. The lowest BCUT2D eigenvalue weighted by Gasteiger charge is -2.15. The Labute approximate surface area is 157 Å². The summed E-state index contributed by atoms with van der Waals surface area (Å²) in [4.78, 5) is 34.8. The number of anilines is 1. The van der Waals surface area contributed by atoms with Gasteiger partial charge in [0, 0.05) is 11.6 Å². The number of nitrogens with zero attached hydrogens (tertiary/aromatic N) is 3. The summed E-state index contributed by atoms with van der Waals surface area (Å²) in [6.45, 7) is 1.65. The van der Waals surface area contributed by atoms with Gasteiger partial charge in [-0.1, -0.05) is 23.7 Å². The molecule has 0 aliphatic carbocycles. The fraction of sp³-hybridized carbons (Fsp3) is 0.111. The van der Waals surface area contributed by atoms with Crippen molar-refractivity contribution in [2.45, 2.75) is 13.0 Å². The summed E-state index contributed by atoms with van der Waals surface area (Å²) < 4.78 is 1.81. The second-order valence-corrected chi connectivity index (χ2v) is 7.14. The second-order valence-electron chi connectivity index (χ2n) is 5.74. The molecule has 3 heterocycles. The molecule has 0 saturated heterocycles. The molecule has 0 bridgehead atoms. The Morgan fingerprint density at radius 2 is 2.04 bits per heavy atom. The Kier molecular flexibility index (Phi) is 4.18. The number of halogens is 1. The monoisotopic (exact) mass is 384 g/mol. The summed E-state index contributed by atoms with van der Waals surface area (Å²) in [5.41, 5.74) is 0.844. The smallest absolute Gasteiger partial charge is 0.272 e. The van der Waals surface area contributed by atoms with E-state index in [1.165, 1.54) is 22.2 Å². The Bertz CT molecular complexity index is 1200. The topological polar surface area (TPSA) is 76.9 Å². The SMILES string of the molecule is CC(C(=O)Nc1ccccc1Cl)n1cnc2c(sc3ncccc32)c1=O. The highest BCUT2D eigenvalue weighted by Crippen LogP contribution is 2.28. The third kappa shape index (κ3) is 2.75. The molecule has 3 aromatic heterocycles. The molecule has 1 amide bonds. The van der Waals surface area contributed by atoms with E-state index in [9.17, 15) is 9.59 Å². The normalized spacial score (nSPS) is 12.4. The molecule has 0 aliphatic rings. The van der Waals surface area contributed by atoms with E-state index in [1.54, 1.807) is 43.5 Å². The Morgan fingerprint density at radius 1 is 1.23 bits per heavy atom. The van der Waals surface area contributed by atoms with Gasteiger partial charge in [0.1, 0.15) is 15.6 Å². The zero-order chi connectivity index (χ0) is 18.3. The van der Waals surface area contributed by atoms with Gasteiger partial charge < -0.3 is 5.32 Å². The van der Waals surface area contributed by atoms with Crippen LogP contribution >= 0.6 is 22.9 Å². The summed E-state index contributed by atoms with van der Waals surface area (Å²) in [6.07, 6.45) is 3.08. The predicted molar refractivity (Wildman–Crippen MR) is 104 cm³/mol. The number of amides is 1. The molecule has 0 fully saturated rings. The van der Waals surface area contributed by atoms with Gasteiger partial charge in [-0.3, -0.25) is 14.2 Å². The maximum Gasteiger partial charge on any atom is 0.272 e. The summed E-state index contributed by atoms with van der Waals surface area (Å²) in [6, 6.07) is 9.89. The van der Waals surface area contributed by atoms with Crippen molar-refractivity contribution in [1.82, 2.24) is 14.5 Å². The van der Waals surface area contributed by atoms with Crippen molar-refractivity contribution in [3.63, 3.8) is 0 Å². The van der Waals surface area contributed by atoms with E-state index in [2.05, 4.69) is 15.3 Å². The average Bonchev–Trinajstić information content (AvgIpc) is 3.03. The Morgan fingerprint density at radius 3 is 2.85 bits per heavy atom. The summed E-state index contributed by atoms with van der Waals surface area (Å²) in [5, 5.41) is 4.02. The third-order valence-corrected chi connectivity index (χ3v) is 5.53. The number of carbonyl (C=O) groups excluding carboxylic acids is 1. The first-order valence-electron chi connectivity index (χ1n) is 7.86. The van der Waals surface area contributed by atoms with Gasteiger partial charge in [0.05, 0.1) is 22.6 Å². The molecule has 26 heavy (non-hydrogen) atoms. The lowest BCUT2D eigenvalue weighted by atomic mass is 10.2. The van der Waals surface area contributed by atoms with Crippen LogP contribution in [0, 0.1) is 0 Å². The number of thiophene rings is 1. The highest BCUT2D eigenvalue weighted by atomic mass is 35.5. The van der Waals surface area contributed by atoms with Crippen LogP contribution in [0.15, 0.2) is 53.7 Å². The highest BCUT2D eigenvalue weighted by molar-refractivity contribution is 7.25. The van der Waals surface area contributed by atoms with E-state index in [-0.39, 0.29) is 11.5 Å². The summed E-state index contributed by atoms with van der Waals surface area (Å²) in [7, 11) is 0. The van der Waals surface area contributed by atoms with Crippen LogP contribution < -0.4 is 10.9 Å². The average molecular weight is 385 g/mol. The Balaban J connectivity index is 1.73. The largest absolute Gasteiger partial charge is 0.323 e. The molecular weight excluding hydrogens is 372 g/mol. The molecule has 0 spiro atoms. The van der Waals surface area contributed by atoms with Gasteiger partial charge >= 0.3 is 0 Å². The zero-order valence-electron chi connectivity index (χ0n) is 13.6. The van der Waals surface area contributed by atoms with Gasteiger partial charge in [0.2, 0.25) is 5.91 Å². The summed E-state index contributed by atoms with van der Waals surface area (Å²) in [5.74, 6) is -0.347. The first kappa shape index (κ1) is 16.7. The molecule has 4 aromatic rings. The van der Waals surface area contributed by atoms with Crippen LogP contribution in [0.5, 0.6) is 0 Å². The second kappa shape index (κ2) is 6.51. The molecule has 8 heteroatoms. The van der Waals surface area contributed by atoms with Crippen molar-refractivity contribution in [3.8, 4) is 0 Å². The molecule has 1 aromatic carbocycles. The highest BCUT2D eigenvalue weighted by Gasteiger charge is 2.20. The third-order valence-electron chi connectivity index (χ3n) is 4.11. The number of benzene rings is 1. The maximum atomic E-state index is 12.9. The van der Waals surface area contributed by atoms with Crippen LogP contribution in [0.3, 0.4) is 0 Å². The van der Waals surface area contributed by atoms with E-state index >= 15 is 0 Å². The molecule has 4 rings (SSSR count). The van der Waals surface area contributed by atoms with Gasteiger partial charge in [0.25, 0.3) is 5.56 Å². The number of hydrogen-bond acceptors (Lipinski definition) is 5. The van der Waals surface area contributed by atoms with Gasteiger partial charge in [-0.05, 0) is 31.2 Å². The molecule has 6 nitrogen and oxygen atoms in total. The quantitative estimate of drug-likeness (QED) is 0.581. The van der Waals surface area contributed by atoms with Crippen LogP contribution in [0.2, 0.25) is 5.02 Å². The van der Waals surface area contributed by atoms with Gasteiger partial charge in [0.15, 0.2) is 0 Å². The van der Waals surface area contributed by atoms with Crippen LogP contribution in [-0.4, -0.2) is 20.4 Å². The minimum atomic E-state index is -0.742. The number of hydrogen-bond donors (Lipinski definition) is 1. The first-order valence-corrected chi connectivity index (χ1v) is 9.05. The number of rotatable bonds is 3. The predicted octanol–water partition coefficient (Wildman–Crippen LogP) is 3.86. The lowest BCUT2D eigenvalue weighted by molar-refractivity contribution is -0.118. The molecule has 1 N–H and O–H groups in total.